The number of anilines is 1. The Labute approximate surface area is 250 Å². The predicted molar refractivity (Wildman–Crippen MR) is 152 cm³/mol. The monoisotopic (exact) mass is 643 g/mol. The second kappa shape index (κ2) is 12.5. The van der Waals surface area contributed by atoms with Crippen molar-refractivity contribution in [2.24, 2.45) is 0 Å². The zero-order chi connectivity index (χ0) is 30.1. The Morgan fingerprint density at radius 2 is 2.07 bits per heavy atom. The number of carbonyl (C=O) groups is 1. The fourth-order valence-corrected chi connectivity index (χ4v) is 6.27. The van der Waals surface area contributed by atoms with E-state index in [9.17, 15) is 29.8 Å². The van der Waals surface area contributed by atoms with Crippen LogP contribution in [0.15, 0.2) is 47.1 Å². The Morgan fingerprint density at radius 3 is 2.71 bits per heavy atom. The molecule has 0 spiro atoms. The van der Waals surface area contributed by atoms with Gasteiger partial charge in [-0.3, -0.25) is 4.79 Å². The van der Waals surface area contributed by atoms with Crippen molar-refractivity contribution < 1.29 is 34.0 Å². The molecule has 1 aliphatic carbocycles. The summed E-state index contributed by atoms with van der Waals surface area (Å²) in [5.41, 5.74) is 1.96. The number of aromatic nitrogens is 3. The summed E-state index contributed by atoms with van der Waals surface area (Å²) in [6.07, 6.45) is -2.60. The lowest BCUT2D eigenvalue weighted by molar-refractivity contribution is -0.211. The number of ether oxygens (including phenoxy) is 2. The zero-order valence-corrected chi connectivity index (χ0v) is 24.6. The van der Waals surface area contributed by atoms with Gasteiger partial charge in [0.15, 0.2) is 6.10 Å². The number of aliphatic hydroxyl groups is 3. The molecule has 1 amide bonds. The molecular weight excluding hydrogens is 613 g/mol. The van der Waals surface area contributed by atoms with Gasteiger partial charge in [0, 0.05) is 22.8 Å². The molecule has 3 N–H and O–H groups in total. The Bertz CT molecular complexity index is 1500. The Morgan fingerprint density at radius 1 is 1.29 bits per heavy atom. The fraction of sp³-hybridized carbons (Fsp3) is 0.448. The largest absolute Gasteiger partial charge is 0.394 e. The van der Waals surface area contributed by atoms with Gasteiger partial charge in [-0.15, -0.1) is 5.10 Å². The minimum atomic E-state index is -1.35. The van der Waals surface area contributed by atoms with Crippen LogP contribution >= 0.6 is 15.9 Å². The van der Waals surface area contributed by atoms with Crippen LogP contribution in [0.25, 0.3) is 11.3 Å². The van der Waals surface area contributed by atoms with E-state index in [-0.39, 0.29) is 0 Å². The number of aryl methyl sites for hydroxylation is 1. The molecule has 222 valence electrons. The van der Waals surface area contributed by atoms with E-state index in [0.29, 0.717) is 51.8 Å². The minimum Gasteiger partial charge on any atom is -0.394 e. The molecule has 2 heterocycles. The summed E-state index contributed by atoms with van der Waals surface area (Å²) in [6.45, 7) is 1.04. The average Bonchev–Trinajstić information content (AvgIpc) is 3.63. The van der Waals surface area contributed by atoms with Crippen molar-refractivity contribution in [3.63, 3.8) is 0 Å². The highest BCUT2D eigenvalue weighted by Crippen LogP contribution is 2.37. The molecule has 13 heteroatoms. The Hall–Kier alpha value is -3.25. The number of benzene rings is 2. The number of amides is 1. The van der Waals surface area contributed by atoms with Crippen LogP contribution < -0.4 is 4.90 Å². The van der Waals surface area contributed by atoms with E-state index in [4.69, 9.17) is 9.47 Å². The van der Waals surface area contributed by atoms with E-state index in [1.807, 2.05) is 0 Å². The Balaban J connectivity index is 1.55. The van der Waals surface area contributed by atoms with Crippen LogP contribution in [0.1, 0.15) is 36.4 Å². The van der Waals surface area contributed by atoms with Gasteiger partial charge in [0.2, 0.25) is 0 Å². The quantitative estimate of drug-likeness (QED) is 0.352. The second-order valence-corrected chi connectivity index (χ2v) is 11.5. The highest BCUT2D eigenvalue weighted by Gasteiger charge is 2.52. The molecule has 1 aliphatic heterocycles. The van der Waals surface area contributed by atoms with Crippen molar-refractivity contribution >= 4 is 27.5 Å². The van der Waals surface area contributed by atoms with Gasteiger partial charge in [-0.25, -0.2) is 9.07 Å². The van der Waals surface area contributed by atoms with Gasteiger partial charge in [0.25, 0.3) is 5.91 Å². The SMILES string of the molecule is CO[C@@H]1[C@@H](n2cc(-c3ccc(C)c(F)c3)nn2)[C@@H](O)[C@@H](CO)O[C@H]1C(=O)N(c1cc(Br)cc(C#N)c1)[C@H]1CCC[C@@H]1O. The first-order valence-electron chi connectivity index (χ1n) is 13.5. The van der Waals surface area contributed by atoms with E-state index in [1.54, 1.807) is 37.3 Å². The lowest BCUT2D eigenvalue weighted by atomic mass is 9.91. The summed E-state index contributed by atoms with van der Waals surface area (Å²) in [5.74, 6) is -0.985. The van der Waals surface area contributed by atoms with Crippen LogP contribution in [-0.2, 0) is 14.3 Å². The smallest absolute Gasteiger partial charge is 0.259 e. The summed E-state index contributed by atoms with van der Waals surface area (Å²) >= 11 is 3.40. The van der Waals surface area contributed by atoms with Crippen molar-refractivity contribution in [1.82, 2.24) is 15.0 Å². The van der Waals surface area contributed by atoms with Crippen molar-refractivity contribution in [1.29, 1.82) is 5.26 Å². The first kappa shape index (κ1) is 30.2. The third-order valence-electron chi connectivity index (χ3n) is 7.97. The summed E-state index contributed by atoms with van der Waals surface area (Å²) in [5, 5.41) is 50.1. The maximum Gasteiger partial charge on any atom is 0.259 e. The molecule has 3 aromatic rings. The van der Waals surface area contributed by atoms with Crippen LogP contribution in [0.4, 0.5) is 10.1 Å². The molecule has 0 unspecified atom stereocenters. The predicted octanol–water partition coefficient (Wildman–Crippen LogP) is 2.65. The van der Waals surface area contributed by atoms with Crippen LogP contribution in [0.5, 0.6) is 0 Å². The summed E-state index contributed by atoms with van der Waals surface area (Å²) in [4.78, 5) is 15.8. The van der Waals surface area contributed by atoms with E-state index in [2.05, 4.69) is 32.3 Å². The number of nitrogens with zero attached hydrogens (tertiary/aromatic N) is 5. The molecular formula is C29H31BrFN5O6. The summed E-state index contributed by atoms with van der Waals surface area (Å²) < 4.78 is 27.9. The molecule has 2 fully saturated rings. The van der Waals surface area contributed by atoms with Crippen molar-refractivity contribution in [2.45, 2.75) is 68.8 Å². The molecule has 2 aliphatic rings. The van der Waals surface area contributed by atoms with Gasteiger partial charge in [0.05, 0.1) is 36.6 Å². The first-order valence-corrected chi connectivity index (χ1v) is 14.3. The zero-order valence-electron chi connectivity index (χ0n) is 23.0. The molecule has 11 nitrogen and oxygen atoms in total. The molecule has 2 aromatic carbocycles. The third-order valence-corrected chi connectivity index (χ3v) is 8.43. The number of carbonyl (C=O) groups excluding carboxylic acids is 1. The summed E-state index contributed by atoms with van der Waals surface area (Å²) in [7, 11) is 1.36. The van der Waals surface area contributed by atoms with Gasteiger partial charge in [-0.05, 0) is 56.0 Å². The van der Waals surface area contributed by atoms with E-state index in [0.717, 1.165) is 0 Å². The van der Waals surface area contributed by atoms with Crippen LogP contribution in [0, 0.1) is 24.1 Å². The number of hydrogen-bond donors (Lipinski definition) is 3. The maximum absolute atomic E-state index is 14.4. The van der Waals surface area contributed by atoms with Crippen molar-refractivity contribution in [2.75, 3.05) is 18.6 Å². The molecule has 7 atom stereocenters. The topological polar surface area (TPSA) is 154 Å². The van der Waals surface area contributed by atoms with Gasteiger partial charge in [0.1, 0.15) is 35.9 Å². The lowest BCUT2D eigenvalue weighted by Crippen LogP contribution is -2.62. The average molecular weight is 644 g/mol. The van der Waals surface area contributed by atoms with E-state index in [1.165, 1.54) is 29.0 Å². The number of hydrogen-bond acceptors (Lipinski definition) is 9. The van der Waals surface area contributed by atoms with Crippen LogP contribution in [0.2, 0.25) is 0 Å². The lowest BCUT2D eigenvalue weighted by Gasteiger charge is -2.45. The van der Waals surface area contributed by atoms with E-state index < -0.39 is 60.9 Å². The highest BCUT2D eigenvalue weighted by atomic mass is 79.9. The summed E-state index contributed by atoms with van der Waals surface area (Å²) in [6, 6.07) is 9.94. The number of nitriles is 1. The van der Waals surface area contributed by atoms with Crippen molar-refractivity contribution in [3.8, 4) is 17.3 Å². The van der Waals surface area contributed by atoms with Gasteiger partial charge in [-0.2, -0.15) is 5.26 Å². The molecule has 1 saturated heterocycles. The Kier molecular flexibility index (Phi) is 9.03. The molecule has 1 aromatic heterocycles. The maximum atomic E-state index is 14.4. The fourth-order valence-electron chi connectivity index (χ4n) is 5.79. The van der Waals surface area contributed by atoms with Gasteiger partial charge < -0.3 is 29.7 Å². The minimum absolute atomic E-state index is 0.307. The molecule has 0 radical (unpaired) electrons. The standard InChI is InChI=1S/C29H31BrFN5O6/c1-15-6-7-17(10-20(15)31)21-13-35(34-33-21)25-26(39)24(14-37)42-28(27(25)41-2)29(40)36(22-4-3-5-23(22)38)19-9-16(12-32)8-18(30)11-19/h6-11,13,22-28,37-39H,3-5,14H2,1-2H3/t22-,23-,24+,25-,26-,27+,28+/m0/s1. The van der Waals surface area contributed by atoms with Crippen LogP contribution in [-0.4, -0.2) is 86.5 Å². The van der Waals surface area contributed by atoms with Gasteiger partial charge in [-0.1, -0.05) is 33.3 Å². The number of halogens is 2. The molecule has 0 bridgehead atoms. The molecule has 1 saturated carbocycles. The van der Waals surface area contributed by atoms with Crippen LogP contribution in [0.3, 0.4) is 0 Å². The number of aliphatic hydroxyl groups excluding tert-OH is 3. The number of methoxy groups -OCH3 is 1. The third kappa shape index (κ3) is 5.70. The van der Waals surface area contributed by atoms with Crippen molar-refractivity contribution in [3.05, 3.63) is 64.0 Å². The first-order chi connectivity index (χ1) is 20.2. The van der Waals surface area contributed by atoms with E-state index >= 15 is 0 Å². The number of rotatable bonds is 7. The molecule has 5 rings (SSSR count). The molecule has 42 heavy (non-hydrogen) atoms. The normalized spacial score (nSPS) is 27.5. The highest BCUT2D eigenvalue weighted by molar-refractivity contribution is 9.10. The second-order valence-electron chi connectivity index (χ2n) is 10.6. The van der Waals surface area contributed by atoms with Gasteiger partial charge >= 0.3 is 0 Å².